The Morgan fingerprint density at radius 1 is 1.03 bits per heavy atom. The van der Waals surface area contributed by atoms with Crippen LogP contribution in [0, 0.1) is 18.8 Å². The van der Waals surface area contributed by atoms with Crippen molar-refractivity contribution in [3.05, 3.63) is 56.5 Å². The van der Waals surface area contributed by atoms with Gasteiger partial charge in [-0.15, -0.1) is 0 Å². The van der Waals surface area contributed by atoms with E-state index in [0.717, 1.165) is 23.3 Å². The second-order valence-electron chi connectivity index (χ2n) is 8.90. The Kier molecular flexibility index (Phi) is 4.29. The van der Waals surface area contributed by atoms with Crippen LogP contribution in [0.2, 0.25) is 15.1 Å². The third kappa shape index (κ3) is 2.34. The number of anilines is 2. The Morgan fingerprint density at radius 3 is 2.56 bits per heavy atom. The number of nitrogens with zero attached hydrogens (tertiary/aromatic N) is 2. The maximum absolute atomic E-state index is 13.9. The topological polar surface area (TPSA) is 69.7 Å². The third-order valence-corrected chi connectivity index (χ3v) is 8.18. The molecule has 0 unspecified atom stereocenters. The molecular formula is C23H18Cl3N3O3. The molecule has 0 bridgehead atoms. The molecule has 3 fully saturated rings. The van der Waals surface area contributed by atoms with E-state index in [1.807, 2.05) is 13.0 Å². The van der Waals surface area contributed by atoms with Gasteiger partial charge in [0, 0.05) is 16.6 Å². The maximum Gasteiger partial charge on any atom is 0.250 e. The minimum Gasteiger partial charge on any atom is -0.323 e. The lowest BCUT2D eigenvalue weighted by atomic mass is 9.75. The molecule has 6 nitrogen and oxygen atoms in total. The number of imide groups is 1. The molecule has 4 aliphatic heterocycles. The zero-order chi connectivity index (χ0) is 22.5. The average Bonchev–Trinajstić information content (AvgIpc) is 3.42. The summed E-state index contributed by atoms with van der Waals surface area (Å²) < 4.78 is 0. The highest BCUT2D eigenvalue weighted by atomic mass is 35.5. The molecule has 1 N–H and O–H groups in total. The van der Waals surface area contributed by atoms with Crippen molar-refractivity contribution in [1.82, 2.24) is 4.90 Å². The molecule has 4 atom stereocenters. The fourth-order valence-corrected chi connectivity index (χ4v) is 7.11. The lowest BCUT2D eigenvalue weighted by Gasteiger charge is -2.36. The number of benzene rings is 2. The van der Waals surface area contributed by atoms with Crippen LogP contribution in [0.3, 0.4) is 0 Å². The van der Waals surface area contributed by atoms with Gasteiger partial charge in [0.05, 0.1) is 33.3 Å². The van der Waals surface area contributed by atoms with Gasteiger partial charge >= 0.3 is 0 Å². The number of fused-ring (bicyclic) bond motifs is 7. The van der Waals surface area contributed by atoms with E-state index in [0.29, 0.717) is 33.5 Å². The van der Waals surface area contributed by atoms with E-state index in [4.69, 9.17) is 34.8 Å². The van der Waals surface area contributed by atoms with Gasteiger partial charge in [0.1, 0.15) is 5.54 Å². The molecule has 0 saturated carbocycles. The summed E-state index contributed by atoms with van der Waals surface area (Å²) in [5.74, 6) is -2.53. The molecule has 0 aliphatic carbocycles. The van der Waals surface area contributed by atoms with Crippen molar-refractivity contribution in [1.29, 1.82) is 0 Å². The van der Waals surface area contributed by atoms with E-state index in [9.17, 15) is 14.4 Å². The molecule has 4 aliphatic rings. The van der Waals surface area contributed by atoms with Gasteiger partial charge in [-0.2, -0.15) is 0 Å². The van der Waals surface area contributed by atoms with Gasteiger partial charge in [-0.3, -0.25) is 19.3 Å². The quantitative estimate of drug-likeness (QED) is 0.602. The summed E-state index contributed by atoms with van der Waals surface area (Å²) in [4.78, 5) is 44.5. The van der Waals surface area contributed by atoms with E-state index < -0.39 is 23.3 Å². The summed E-state index contributed by atoms with van der Waals surface area (Å²) in [7, 11) is 0. The van der Waals surface area contributed by atoms with E-state index >= 15 is 0 Å². The lowest BCUT2D eigenvalue weighted by molar-refractivity contribution is -0.135. The molecule has 2 aromatic rings. The number of amides is 3. The van der Waals surface area contributed by atoms with Gasteiger partial charge in [0.2, 0.25) is 11.8 Å². The lowest BCUT2D eigenvalue weighted by Crippen LogP contribution is -2.54. The molecule has 32 heavy (non-hydrogen) atoms. The molecule has 0 aromatic heterocycles. The number of carbonyl (C=O) groups is 3. The molecule has 3 saturated heterocycles. The molecule has 9 heteroatoms. The van der Waals surface area contributed by atoms with E-state index in [2.05, 4.69) is 10.2 Å². The monoisotopic (exact) mass is 489 g/mol. The van der Waals surface area contributed by atoms with Gasteiger partial charge in [0.15, 0.2) is 0 Å². The van der Waals surface area contributed by atoms with E-state index in [1.165, 1.54) is 6.07 Å². The van der Waals surface area contributed by atoms with E-state index in [1.54, 1.807) is 18.2 Å². The fraction of sp³-hybridized carbons (Fsp3) is 0.348. The molecule has 1 spiro atoms. The number of halogens is 3. The van der Waals surface area contributed by atoms with Crippen LogP contribution in [0.4, 0.5) is 11.4 Å². The number of hydrogen-bond donors (Lipinski definition) is 1. The Morgan fingerprint density at radius 2 is 1.81 bits per heavy atom. The highest BCUT2D eigenvalue weighted by Gasteiger charge is 2.74. The Balaban J connectivity index is 1.58. The molecule has 3 amide bonds. The number of aryl methyl sites for hydroxylation is 1. The smallest absolute Gasteiger partial charge is 0.250 e. The van der Waals surface area contributed by atoms with Crippen LogP contribution in [-0.2, 0) is 19.9 Å². The highest BCUT2D eigenvalue weighted by molar-refractivity contribution is 6.39. The van der Waals surface area contributed by atoms with Crippen molar-refractivity contribution in [2.45, 2.75) is 31.3 Å². The average molecular weight is 491 g/mol. The molecular weight excluding hydrogens is 473 g/mol. The first-order chi connectivity index (χ1) is 15.3. The van der Waals surface area contributed by atoms with Crippen LogP contribution in [-0.4, -0.2) is 35.2 Å². The first-order valence-corrected chi connectivity index (χ1v) is 11.6. The second-order valence-corrected chi connectivity index (χ2v) is 10.2. The summed E-state index contributed by atoms with van der Waals surface area (Å²) in [6.45, 7) is 2.54. The van der Waals surface area contributed by atoms with Crippen molar-refractivity contribution in [3.63, 3.8) is 0 Å². The SMILES string of the molecule is Cc1cc(Cl)c2c(c1)[C@]1(C(=O)N2)[C@@H]2C(=O)N(c3ccc(Cl)cc3Cl)C(=O)[C@@H]2[C@H]2CCCN21. The predicted molar refractivity (Wildman–Crippen MR) is 122 cm³/mol. The molecule has 2 aromatic carbocycles. The van der Waals surface area contributed by atoms with Crippen LogP contribution >= 0.6 is 34.8 Å². The minimum atomic E-state index is -1.27. The van der Waals surface area contributed by atoms with Crippen molar-refractivity contribution < 1.29 is 14.4 Å². The van der Waals surface area contributed by atoms with Gasteiger partial charge in [-0.05, 0) is 56.1 Å². The normalized spacial score (nSPS) is 30.8. The van der Waals surface area contributed by atoms with Gasteiger partial charge < -0.3 is 5.32 Å². The van der Waals surface area contributed by atoms with Crippen LogP contribution in [0.15, 0.2) is 30.3 Å². The summed E-state index contributed by atoms with van der Waals surface area (Å²) in [6.07, 6.45) is 1.59. The van der Waals surface area contributed by atoms with Gasteiger partial charge in [-0.25, -0.2) is 4.90 Å². The highest BCUT2D eigenvalue weighted by Crippen LogP contribution is 2.61. The largest absolute Gasteiger partial charge is 0.323 e. The number of nitrogens with one attached hydrogen (secondary N) is 1. The van der Waals surface area contributed by atoms with Crippen LogP contribution in [0.5, 0.6) is 0 Å². The Labute approximate surface area is 199 Å². The Bertz CT molecular complexity index is 1250. The number of rotatable bonds is 1. The first-order valence-electron chi connectivity index (χ1n) is 10.5. The summed E-state index contributed by atoms with van der Waals surface area (Å²) in [5.41, 5.74) is 1.12. The first kappa shape index (κ1) is 20.5. The zero-order valence-corrected chi connectivity index (χ0v) is 19.3. The fourth-order valence-electron chi connectivity index (χ4n) is 6.30. The van der Waals surface area contributed by atoms with Crippen molar-refractivity contribution in [3.8, 4) is 0 Å². The molecule has 0 radical (unpaired) electrons. The van der Waals surface area contributed by atoms with Crippen LogP contribution < -0.4 is 10.2 Å². The number of hydrogen-bond acceptors (Lipinski definition) is 4. The summed E-state index contributed by atoms with van der Waals surface area (Å²) in [5, 5.41) is 3.97. The molecule has 6 rings (SSSR count). The number of carbonyl (C=O) groups excluding carboxylic acids is 3. The van der Waals surface area contributed by atoms with Crippen molar-refractivity contribution in [2.75, 3.05) is 16.8 Å². The van der Waals surface area contributed by atoms with Crippen LogP contribution in [0.25, 0.3) is 0 Å². The van der Waals surface area contributed by atoms with E-state index in [-0.39, 0.29) is 22.9 Å². The zero-order valence-electron chi connectivity index (χ0n) is 17.0. The van der Waals surface area contributed by atoms with Crippen LogP contribution in [0.1, 0.15) is 24.0 Å². The summed E-state index contributed by atoms with van der Waals surface area (Å²) in [6, 6.07) is 8.16. The standard InChI is InChI=1S/C23H18Cl3N3O3/c1-10-7-12-19(14(26)8-10)27-22(32)23(12)18-17(16-3-2-6-28(16)23)20(30)29(21(18)31)15-5-4-11(24)9-13(15)25/h4-5,7-9,16-18H,2-3,6H2,1H3,(H,27,32)/t16-,17-,18+,23-/m1/s1. The maximum atomic E-state index is 13.9. The Hall–Kier alpha value is -2.12. The minimum absolute atomic E-state index is 0.205. The molecule has 4 heterocycles. The van der Waals surface area contributed by atoms with Gasteiger partial charge in [0.25, 0.3) is 5.91 Å². The predicted octanol–water partition coefficient (Wildman–Crippen LogP) is 4.39. The summed E-state index contributed by atoms with van der Waals surface area (Å²) >= 11 is 18.9. The van der Waals surface area contributed by atoms with Gasteiger partial charge in [-0.1, -0.05) is 40.9 Å². The van der Waals surface area contributed by atoms with Crippen molar-refractivity contribution in [2.24, 2.45) is 11.8 Å². The second kappa shape index (κ2) is 6.70. The molecule has 164 valence electrons. The van der Waals surface area contributed by atoms with Crippen molar-refractivity contribution >= 4 is 63.9 Å². The third-order valence-electron chi connectivity index (χ3n) is 7.35.